The van der Waals surface area contributed by atoms with Crippen molar-refractivity contribution in [2.24, 2.45) is 0 Å². The molecule has 1 rings (SSSR count). The van der Waals surface area contributed by atoms with Gasteiger partial charge in [-0.3, -0.25) is 0 Å². The van der Waals surface area contributed by atoms with Gasteiger partial charge in [0.1, 0.15) is 4.90 Å². The van der Waals surface area contributed by atoms with E-state index in [4.69, 9.17) is 22.0 Å². The van der Waals surface area contributed by atoms with Gasteiger partial charge in [-0.25, -0.2) is 22.3 Å². The standard InChI is InChI=1S/C12H12ClFN2O4S/c13-8-6-9(12(17)18)11(14)10(7-8)21(19,20)16-5-3-1-2-4-15/h6-7,16H,1-3,5H2,(H,17,18). The van der Waals surface area contributed by atoms with Gasteiger partial charge in [-0.15, -0.1) is 0 Å². The van der Waals surface area contributed by atoms with Crippen molar-refractivity contribution in [3.05, 3.63) is 28.5 Å². The average Bonchev–Trinajstić information content (AvgIpc) is 2.40. The summed E-state index contributed by atoms with van der Waals surface area (Å²) in [6.45, 7) is 0.0123. The molecule has 0 unspecified atom stereocenters. The van der Waals surface area contributed by atoms with Crippen LogP contribution in [0.1, 0.15) is 29.6 Å². The summed E-state index contributed by atoms with van der Waals surface area (Å²) >= 11 is 5.62. The maximum atomic E-state index is 13.9. The Balaban J connectivity index is 2.98. The van der Waals surface area contributed by atoms with E-state index in [1.54, 1.807) is 0 Å². The third-order valence-corrected chi connectivity index (χ3v) is 4.21. The number of carbonyl (C=O) groups is 1. The molecule has 0 fully saturated rings. The summed E-state index contributed by atoms with van der Waals surface area (Å²) in [4.78, 5) is 10.0. The first-order valence-corrected chi connectivity index (χ1v) is 7.74. The summed E-state index contributed by atoms with van der Waals surface area (Å²) in [5.74, 6) is -2.98. The van der Waals surface area contributed by atoms with Crippen LogP contribution >= 0.6 is 11.6 Å². The normalized spacial score (nSPS) is 11.1. The van der Waals surface area contributed by atoms with E-state index in [1.807, 2.05) is 6.07 Å². The lowest BCUT2D eigenvalue weighted by Crippen LogP contribution is -2.26. The molecule has 0 heterocycles. The number of benzene rings is 1. The molecule has 0 atom stereocenters. The zero-order valence-electron chi connectivity index (χ0n) is 10.8. The van der Waals surface area contributed by atoms with Crippen molar-refractivity contribution in [3.63, 3.8) is 0 Å². The molecule has 0 saturated heterocycles. The second-order valence-corrected chi connectivity index (χ2v) is 6.26. The highest BCUT2D eigenvalue weighted by Gasteiger charge is 2.24. The molecule has 0 amide bonds. The number of hydrogen-bond acceptors (Lipinski definition) is 4. The molecule has 21 heavy (non-hydrogen) atoms. The van der Waals surface area contributed by atoms with Crippen LogP contribution in [0.2, 0.25) is 5.02 Å². The van der Waals surface area contributed by atoms with Gasteiger partial charge in [-0.2, -0.15) is 5.26 Å². The van der Waals surface area contributed by atoms with Gasteiger partial charge in [0.15, 0.2) is 5.82 Å². The minimum atomic E-state index is -4.21. The number of unbranched alkanes of at least 4 members (excludes halogenated alkanes) is 2. The van der Waals surface area contributed by atoms with Gasteiger partial charge < -0.3 is 5.11 Å². The van der Waals surface area contributed by atoms with Gasteiger partial charge >= 0.3 is 5.97 Å². The van der Waals surface area contributed by atoms with Crippen LogP contribution in [0.3, 0.4) is 0 Å². The third kappa shape index (κ3) is 4.67. The average molecular weight is 335 g/mol. The molecule has 0 bridgehead atoms. The van der Waals surface area contributed by atoms with E-state index < -0.39 is 32.3 Å². The van der Waals surface area contributed by atoms with Crippen molar-refractivity contribution in [3.8, 4) is 6.07 Å². The zero-order valence-corrected chi connectivity index (χ0v) is 12.3. The molecule has 0 aliphatic carbocycles. The van der Waals surface area contributed by atoms with E-state index >= 15 is 0 Å². The quantitative estimate of drug-likeness (QED) is 0.743. The number of carboxylic acids is 1. The van der Waals surface area contributed by atoms with E-state index in [-0.39, 0.29) is 18.0 Å². The maximum Gasteiger partial charge on any atom is 0.338 e. The molecular formula is C12H12ClFN2O4S. The zero-order chi connectivity index (χ0) is 16.0. The number of halogens is 2. The Morgan fingerprint density at radius 2 is 2.10 bits per heavy atom. The van der Waals surface area contributed by atoms with E-state index in [2.05, 4.69) is 4.72 Å². The molecular weight excluding hydrogens is 323 g/mol. The topological polar surface area (TPSA) is 107 Å². The fraction of sp³-hybridized carbons (Fsp3) is 0.333. The summed E-state index contributed by atoms with van der Waals surface area (Å²) in [6.07, 6.45) is 1.19. The smallest absolute Gasteiger partial charge is 0.338 e. The fourth-order valence-electron chi connectivity index (χ4n) is 1.53. The molecule has 0 spiro atoms. The SMILES string of the molecule is N#CCCCCNS(=O)(=O)c1cc(Cl)cc(C(=O)O)c1F. The van der Waals surface area contributed by atoms with Gasteiger partial charge in [-0.05, 0) is 25.0 Å². The summed E-state index contributed by atoms with van der Waals surface area (Å²) in [6, 6.07) is 3.60. The van der Waals surface area contributed by atoms with Crippen LogP contribution < -0.4 is 4.72 Å². The van der Waals surface area contributed by atoms with Crippen LogP contribution in [0.5, 0.6) is 0 Å². The molecule has 0 aromatic heterocycles. The second-order valence-electron chi connectivity index (χ2n) is 4.08. The summed E-state index contributed by atoms with van der Waals surface area (Å²) in [5.41, 5.74) is -0.813. The molecule has 9 heteroatoms. The van der Waals surface area contributed by atoms with Crippen LogP contribution in [-0.4, -0.2) is 26.0 Å². The molecule has 0 aliphatic heterocycles. The Morgan fingerprint density at radius 1 is 1.43 bits per heavy atom. The van der Waals surface area contributed by atoms with Crippen molar-refractivity contribution >= 4 is 27.6 Å². The van der Waals surface area contributed by atoms with Gasteiger partial charge in [0, 0.05) is 18.0 Å². The number of hydrogen-bond donors (Lipinski definition) is 2. The maximum absolute atomic E-state index is 13.9. The van der Waals surface area contributed by atoms with Gasteiger partial charge in [0.2, 0.25) is 10.0 Å². The minimum absolute atomic E-state index is 0.0123. The number of sulfonamides is 1. The molecule has 1 aromatic carbocycles. The molecule has 0 saturated carbocycles. The highest BCUT2D eigenvalue weighted by Crippen LogP contribution is 2.23. The molecule has 6 nitrogen and oxygen atoms in total. The monoisotopic (exact) mass is 334 g/mol. The third-order valence-electron chi connectivity index (χ3n) is 2.53. The molecule has 1 aromatic rings. The number of carboxylic acid groups (broad SMARTS) is 1. The van der Waals surface area contributed by atoms with Crippen LogP contribution in [0, 0.1) is 17.1 Å². The Bertz CT molecular complexity index is 685. The number of aromatic carboxylic acids is 1. The lowest BCUT2D eigenvalue weighted by Gasteiger charge is -2.09. The number of nitriles is 1. The molecule has 2 N–H and O–H groups in total. The highest BCUT2D eigenvalue weighted by atomic mass is 35.5. The Hall–Kier alpha value is -1.69. The second kappa shape index (κ2) is 7.36. The lowest BCUT2D eigenvalue weighted by atomic mass is 10.2. The van der Waals surface area contributed by atoms with E-state index in [9.17, 15) is 17.6 Å². The number of rotatable bonds is 7. The van der Waals surface area contributed by atoms with Gasteiger partial charge in [0.25, 0.3) is 0 Å². The van der Waals surface area contributed by atoms with E-state index in [0.717, 1.165) is 12.1 Å². The van der Waals surface area contributed by atoms with Crippen LogP contribution in [-0.2, 0) is 10.0 Å². The van der Waals surface area contributed by atoms with Crippen molar-refractivity contribution in [2.75, 3.05) is 6.54 Å². The highest BCUT2D eigenvalue weighted by molar-refractivity contribution is 7.89. The first kappa shape index (κ1) is 17.4. The van der Waals surface area contributed by atoms with Crippen LogP contribution in [0.15, 0.2) is 17.0 Å². The lowest BCUT2D eigenvalue weighted by molar-refractivity contribution is 0.0691. The molecule has 114 valence electrons. The predicted molar refractivity (Wildman–Crippen MR) is 73.0 cm³/mol. The molecule has 0 radical (unpaired) electrons. The van der Waals surface area contributed by atoms with E-state index in [0.29, 0.717) is 12.8 Å². The summed E-state index contributed by atoms with van der Waals surface area (Å²) in [5, 5.41) is 17.0. The van der Waals surface area contributed by atoms with Gasteiger partial charge in [0.05, 0.1) is 11.6 Å². The van der Waals surface area contributed by atoms with Crippen LogP contribution in [0.4, 0.5) is 4.39 Å². The number of nitrogens with zero attached hydrogens (tertiary/aromatic N) is 1. The van der Waals surface area contributed by atoms with Crippen molar-refractivity contribution in [1.82, 2.24) is 4.72 Å². The first-order chi connectivity index (χ1) is 9.79. The number of nitrogens with one attached hydrogen (secondary N) is 1. The van der Waals surface area contributed by atoms with Crippen molar-refractivity contribution in [2.45, 2.75) is 24.2 Å². The largest absolute Gasteiger partial charge is 0.478 e. The Labute approximate surface area is 126 Å². The summed E-state index contributed by atoms with van der Waals surface area (Å²) < 4.78 is 40.0. The minimum Gasteiger partial charge on any atom is -0.478 e. The first-order valence-electron chi connectivity index (χ1n) is 5.88. The van der Waals surface area contributed by atoms with E-state index in [1.165, 1.54) is 0 Å². The molecule has 0 aliphatic rings. The Morgan fingerprint density at radius 3 is 2.67 bits per heavy atom. The van der Waals surface area contributed by atoms with Gasteiger partial charge in [-0.1, -0.05) is 11.6 Å². The predicted octanol–water partition coefficient (Wildman–Crippen LogP) is 2.15. The van der Waals surface area contributed by atoms with Crippen molar-refractivity contribution in [1.29, 1.82) is 5.26 Å². The Kier molecular flexibility index (Phi) is 6.08. The summed E-state index contributed by atoms with van der Waals surface area (Å²) in [7, 11) is -4.21. The fourth-order valence-corrected chi connectivity index (χ4v) is 3.01. The van der Waals surface area contributed by atoms with Crippen molar-refractivity contribution < 1.29 is 22.7 Å². The van der Waals surface area contributed by atoms with Crippen LogP contribution in [0.25, 0.3) is 0 Å².